The molecule has 1 fully saturated rings. The summed E-state index contributed by atoms with van der Waals surface area (Å²) in [6, 6.07) is 17.1. The predicted molar refractivity (Wildman–Crippen MR) is 151 cm³/mol. The molecule has 2 heterocycles. The number of pyridine rings is 1. The Bertz CT molecular complexity index is 1910. The number of benzene rings is 3. The molecule has 0 radical (unpaired) electrons. The molecule has 0 saturated heterocycles. The topological polar surface area (TPSA) is 115 Å². The van der Waals surface area contributed by atoms with Crippen molar-refractivity contribution in [2.24, 2.45) is 0 Å². The van der Waals surface area contributed by atoms with Gasteiger partial charge in [-0.1, -0.05) is 46.6 Å². The minimum atomic E-state index is -1.69. The van der Waals surface area contributed by atoms with E-state index in [1.54, 1.807) is 47.3 Å². The zero-order valence-corrected chi connectivity index (χ0v) is 22.2. The molecule has 40 heavy (non-hydrogen) atoms. The van der Waals surface area contributed by atoms with E-state index in [2.05, 4.69) is 38.1 Å². The predicted octanol–water partition coefficient (Wildman–Crippen LogP) is 7.30. The molecule has 0 amide bonds. The van der Waals surface area contributed by atoms with Crippen molar-refractivity contribution in [3.63, 3.8) is 0 Å². The van der Waals surface area contributed by atoms with Crippen molar-refractivity contribution in [2.45, 2.75) is 24.9 Å². The highest BCUT2D eigenvalue weighted by Gasteiger charge is 2.28. The molecule has 2 aromatic heterocycles. The van der Waals surface area contributed by atoms with Crippen LogP contribution >= 0.6 is 23.2 Å². The quantitative estimate of drug-likeness (QED) is 0.211. The SMILES string of the molecule is [2H]C(Nc1cc(C#N)c2ncc(C#N)c(Nc3ccc(F)c(Cl)c3)c2c1)(c1cn(C2CC2)nn1)c1ccccc1Cl. The fourth-order valence-corrected chi connectivity index (χ4v) is 4.80. The van der Waals surface area contributed by atoms with Crippen molar-refractivity contribution in [3.8, 4) is 12.1 Å². The second-order valence-electron chi connectivity index (χ2n) is 9.24. The number of aromatic nitrogens is 4. The lowest BCUT2D eigenvalue weighted by Crippen LogP contribution is -2.14. The molecule has 1 atom stereocenters. The summed E-state index contributed by atoms with van der Waals surface area (Å²) in [7, 11) is 0. The second-order valence-corrected chi connectivity index (χ2v) is 10.1. The molecule has 8 nitrogen and oxygen atoms in total. The van der Waals surface area contributed by atoms with Crippen molar-refractivity contribution in [1.29, 1.82) is 10.5 Å². The highest BCUT2D eigenvalue weighted by Crippen LogP contribution is 2.38. The Morgan fingerprint density at radius 1 is 1.02 bits per heavy atom. The number of fused-ring (bicyclic) bond motifs is 1. The Kier molecular flexibility index (Phi) is 6.37. The van der Waals surface area contributed by atoms with Crippen LogP contribution in [0.2, 0.25) is 10.0 Å². The molecule has 0 aliphatic heterocycles. The van der Waals surface area contributed by atoms with E-state index in [9.17, 15) is 16.3 Å². The number of nitrogens with one attached hydrogen (secondary N) is 2. The maximum Gasteiger partial charge on any atom is 0.141 e. The molecular weight excluding hydrogens is 550 g/mol. The normalized spacial score (nSPS) is 14.6. The summed E-state index contributed by atoms with van der Waals surface area (Å²) in [4.78, 5) is 4.36. The van der Waals surface area contributed by atoms with E-state index in [-0.39, 0.29) is 22.2 Å². The van der Waals surface area contributed by atoms with Gasteiger partial charge in [-0.05, 0) is 54.8 Å². The van der Waals surface area contributed by atoms with E-state index in [1.807, 2.05) is 0 Å². The maximum absolute atomic E-state index is 13.8. The van der Waals surface area contributed by atoms with Gasteiger partial charge in [0.2, 0.25) is 0 Å². The molecule has 11 heteroatoms. The van der Waals surface area contributed by atoms with Crippen LogP contribution in [0.3, 0.4) is 0 Å². The van der Waals surface area contributed by atoms with Crippen LogP contribution in [0, 0.1) is 28.5 Å². The molecule has 1 unspecified atom stereocenters. The molecule has 0 spiro atoms. The molecule has 1 aliphatic carbocycles. The number of hydrogen-bond acceptors (Lipinski definition) is 7. The summed E-state index contributed by atoms with van der Waals surface area (Å²) >= 11 is 12.6. The van der Waals surface area contributed by atoms with Crippen LogP contribution < -0.4 is 10.6 Å². The van der Waals surface area contributed by atoms with E-state index in [0.29, 0.717) is 44.2 Å². The molecule has 6 rings (SSSR count). The Labute approximate surface area is 240 Å². The third-order valence-corrected chi connectivity index (χ3v) is 7.12. The van der Waals surface area contributed by atoms with E-state index in [4.69, 9.17) is 23.2 Å². The fourth-order valence-electron chi connectivity index (χ4n) is 4.38. The first-order valence-corrected chi connectivity index (χ1v) is 13.0. The number of halogens is 3. The minimum Gasteiger partial charge on any atom is -0.373 e. The van der Waals surface area contributed by atoms with Gasteiger partial charge in [-0.15, -0.1) is 5.10 Å². The number of nitriles is 2. The zero-order chi connectivity index (χ0) is 28.7. The molecule has 3 aromatic carbocycles. The van der Waals surface area contributed by atoms with E-state index < -0.39 is 11.8 Å². The van der Waals surface area contributed by atoms with Crippen molar-refractivity contribution in [2.75, 3.05) is 10.6 Å². The van der Waals surface area contributed by atoms with Gasteiger partial charge in [-0.25, -0.2) is 9.07 Å². The smallest absolute Gasteiger partial charge is 0.141 e. The maximum atomic E-state index is 13.8. The molecule has 196 valence electrons. The van der Waals surface area contributed by atoms with Gasteiger partial charge in [-0.3, -0.25) is 4.98 Å². The van der Waals surface area contributed by atoms with Crippen LogP contribution in [0.4, 0.5) is 21.5 Å². The van der Waals surface area contributed by atoms with Crippen LogP contribution in [-0.2, 0) is 0 Å². The van der Waals surface area contributed by atoms with Crippen molar-refractivity contribution in [1.82, 2.24) is 20.0 Å². The van der Waals surface area contributed by atoms with Gasteiger partial charge >= 0.3 is 0 Å². The Morgan fingerprint density at radius 3 is 2.55 bits per heavy atom. The van der Waals surface area contributed by atoms with Gasteiger partial charge in [0.25, 0.3) is 0 Å². The van der Waals surface area contributed by atoms with Gasteiger partial charge in [0.1, 0.15) is 23.6 Å². The average molecular weight is 570 g/mol. The van der Waals surface area contributed by atoms with Crippen LogP contribution in [0.15, 0.2) is 67.0 Å². The molecule has 5 aromatic rings. The lowest BCUT2D eigenvalue weighted by Gasteiger charge is -2.21. The monoisotopic (exact) mass is 569 g/mol. The second kappa shape index (κ2) is 10.5. The molecule has 2 N–H and O–H groups in total. The summed E-state index contributed by atoms with van der Waals surface area (Å²) in [5.74, 6) is -0.583. The first kappa shape index (κ1) is 24.3. The van der Waals surface area contributed by atoms with Crippen LogP contribution in [0.5, 0.6) is 0 Å². The van der Waals surface area contributed by atoms with E-state index in [1.165, 1.54) is 24.4 Å². The van der Waals surface area contributed by atoms with Gasteiger partial charge in [-0.2, -0.15) is 10.5 Å². The van der Waals surface area contributed by atoms with Crippen LogP contribution in [-0.4, -0.2) is 20.0 Å². The van der Waals surface area contributed by atoms with Gasteiger partial charge in [0.05, 0.1) is 47.0 Å². The number of hydrogen-bond donors (Lipinski definition) is 2. The lowest BCUT2D eigenvalue weighted by molar-refractivity contribution is 0.610. The minimum absolute atomic E-state index is 0.0927. The van der Waals surface area contributed by atoms with Crippen LogP contribution in [0.1, 0.15) is 48.7 Å². The number of nitrogens with zero attached hydrogens (tertiary/aromatic N) is 6. The Morgan fingerprint density at radius 2 is 1.82 bits per heavy atom. The standard InChI is InChI=1S/C29H19Cl2FN8/c30-23-4-2-1-3-21(23)29(26-15-40(39-38-26)20-6-7-20)37-19-9-16(12-33)27-22(10-19)28(17(13-34)14-35-27)36-18-5-8-25(32)24(31)11-18/h1-5,8-11,14-15,20,29,37H,6-7H2,(H,35,36)/i29D. The largest absolute Gasteiger partial charge is 0.373 e. The third-order valence-electron chi connectivity index (χ3n) is 6.50. The summed E-state index contributed by atoms with van der Waals surface area (Å²) < 4.78 is 25.2. The number of anilines is 3. The number of rotatable bonds is 7. The van der Waals surface area contributed by atoms with E-state index >= 15 is 0 Å². The van der Waals surface area contributed by atoms with E-state index in [0.717, 1.165) is 12.8 Å². The summed E-state index contributed by atoms with van der Waals surface area (Å²) in [5.41, 5.74) is 2.63. The molecule has 1 saturated carbocycles. The summed E-state index contributed by atoms with van der Waals surface area (Å²) in [6.45, 7) is 0. The summed E-state index contributed by atoms with van der Waals surface area (Å²) in [5, 5.41) is 35.5. The first-order valence-electron chi connectivity index (χ1n) is 12.7. The third kappa shape index (κ3) is 4.89. The Hall–Kier alpha value is -4.70. The Balaban J connectivity index is 1.51. The van der Waals surface area contributed by atoms with Crippen molar-refractivity contribution < 1.29 is 5.76 Å². The van der Waals surface area contributed by atoms with Gasteiger partial charge in [0.15, 0.2) is 0 Å². The van der Waals surface area contributed by atoms with Crippen LogP contribution in [0.25, 0.3) is 10.9 Å². The van der Waals surface area contributed by atoms with Crippen molar-refractivity contribution in [3.05, 3.63) is 105 Å². The van der Waals surface area contributed by atoms with Gasteiger partial charge in [0, 0.05) is 28.0 Å². The highest BCUT2D eigenvalue weighted by atomic mass is 35.5. The fraction of sp³-hybridized carbons (Fsp3) is 0.138. The molecule has 0 bridgehead atoms. The summed E-state index contributed by atoms with van der Waals surface area (Å²) in [6.07, 6.45) is 5.08. The van der Waals surface area contributed by atoms with Crippen molar-refractivity contribution >= 4 is 51.2 Å². The lowest BCUT2D eigenvalue weighted by atomic mass is 10.0. The van der Waals surface area contributed by atoms with Gasteiger partial charge < -0.3 is 10.6 Å². The molecule has 1 aliphatic rings. The zero-order valence-electron chi connectivity index (χ0n) is 21.7. The average Bonchev–Trinajstić information content (AvgIpc) is 3.70. The first-order chi connectivity index (χ1) is 19.8. The molecular formula is C29H19Cl2FN8. The highest BCUT2D eigenvalue weighted by molar-refractivity contribution is 6.31.